The summed E-state index contributed by atoms with van der Waals surface area (Å²) in [7, 11) is 0. The topological polar surface area (TPSA) is 72.9 Å². The van der Waals surface area contributed by atoms with Gasteiger partial charge >= 0.3 is 5.97 Å². The van der Waals surface area contributed by atoms with Crippen molar-refractivity contribution in [3.63, 3.8) is 0 Å². The molecule has 3 aromatic rings. The number of nitrogens with zero attached hydrogens (tertiary/aromatic N) is 1. The largest absolute Gasteiger partial charge is 0.472 e. The van der Waals surface area contributed by atoms with Gasteiger partial charge in [0.2, 0.25) is 6.10 Å². The molecule has 0 radical (unpaired) electrons. The lowest BCUT2D eigenvalue weighted by Crippen LogP contribution is -2.35. The molecule has 0 saturated heterocycles. The first kappa shape index (κ1) is 19.9. The molecule has 0 bridgehead atoms. The minimum absolute atomic E-state index is 0.119. The smallest absolute Gasteiger partial charge is 0.377 e. The Labute approximate surface area is 181 Å². The molecule has 2 amide bonds. The van der Waals surface area contributed by atoms with Crippen molar-refractivity contribution in [1.29, 1.82) is 0 Å². The molecule has 0 N–H and O–H groups in total. The Kier molecular flexibility index (Phi) is 5.44. The summed E-state index contributed by atoms with van der Waals surface area (Å²) in [6.45, 7) is 0. The van der Waals surface area contributed by atoms with E-state index in [0.717, 1.165) is 0 Å². The van der Waals surface area contributed by atoms with E-state index in [9.17, 15) is 14.4 Å². The predicted octanol–water partition coefficient (Wildman–Crippen LogP) is 4.87. The van der Waals surface area contributed by atoms with Gasteiger partial charge in [-0.3, -0.25) is 9.59 Å². The summed E-state index contributed by atoms with van der Waals surface area (Å²) in [5.41, 5.74) is 0.755. The summed E-state index contributed by atoms with van der Waals surface area (Å²) in [5, 5.41) is 0.801. The van der Waals surface area contributed by atoms with Crippen molar-refractivity contribution in [3.05, 3.63) is 99.5 Å². The van der Waals surface area contributed by atoms with Gasteiger partial charge in [0.05, 0.1) is 16.1 Å². The summed E-state index contributed by atoms with van der Waals surface area (Å²) in [6.07, 6.45) is -1.30. The molecule has 1 aliphatic heterocycles. The SMILES string of the molecule is O=C(ON1C(=O)c2ccccc2C1=O)C(Oc1cccc(Cl)c1Cl)c1ccccc1. The Morgan fingerprint density at radius 2 is 1.40 bits per heavy atom. The number of ether oxygens (including phenoxy) is 1. The molecule has 1 unspecified atom stereocenters. The van der Waals surface area contributed by atoms with Crippen LogP contribution in [0.1, 0.15) is 32.4 Å². The quantitative estimate of drug-likeness (QED) is 0.528. The summed E-state index contributed by atoms with van der Waals surface area (Å²) in [6, 6.07) is 19.4. The second kappa shape index (κ2) is 8.18. The zero-order valence-corrected chi connectivity index (χ0v) is 16.8. The highest BCUT2D eigenvalue weighted by atomic mass is 35.5. The van der Waals surface area contributed by atoms with Crippen LogP contribution in [0.5, 0.6) is 5.75 Å². The van der Waals surface area contributed by atoms with Gasteiger partial charge in [-0.15, -0.1) is 0 Å². The van der Waals surface area contributed by atoms with Crippen molar-refractivity contribution >= 4 is 41.0 Å². The fourth-order valence-electron chi connectivity index (χ4n) is 2.97. The average Bonchev–Trinajstić information content (AvgIpc) is 3.00. The normalized spacial score (nSPS) is 13.7. The van der Waals surface area contributed by atoms with Crippen LogP contribution in [0.25, 0.3) is 0 Å². The van der Waals surface area contributed by atoms with E-state index in [-0.39, 0.29) is 26.9 Å². The zero-order chi connectivity index (χ0) is 21.3. The van der Waals surface area contributed by atoms with Crippen molar-refractivity contribution in [2.45, 2.75) is 6.10 Å². The van der Waals surface area contributed by atoms with Crippen LogP contribution in [-0.2, 0) is 9.63 Å². The number of hydrogen-bond acceptors (Lipinski definition) is 5. The van der Waals surface area contributed by atoms with Crippen LogP contribution in [-0.4, -0.2) is 22.8 Å². The molecule has 150 valence electrons. The number of carbonyl (C=O) groups excluding carboxylic acids is 3. The van der Waals surface area contributed by atoms with Crippen LogP contribution < -0.4 is 4.74 Å². The van der Waals surface area contributed by atoms with E-state index in [2.05, 4.69) is 0 Å². The number of carbonyl (C=O) groups is 3. The lowest BCUT2D eigenvalue weighted by atomic mass is 10.1. The third-order valence-corrected chi connectivity index (χ3v) is 5.22. The zero-order valence-electron chi connectivity index (χ0n) is 15.2. The number of imide groups is 1. The first-order chi connectivity index (χ1) is 14.5. The van der Waals surface area contributed by atoms with Crippen molar-refractivity contribution in [1.82, 2.24) is 5.06 Å². The maximum Gasteiger partial charge on any atom is 0.377 e. The summed E-state index contributed by atoms with van der Waals surface area (Å²) < 4.78 is 5.79. The molecule has 3 aromatic carbocycles. The molecule has 1 heterocycles. The van der Waals surface area contributed by atoms with Crippen LogP contribution in [0.15, 0.2) is 72.8 Å². The lowest BCUT2D eigenvalue weighted by molar-refractivity contribution is -0.177. The van der Waals surface area contributed by atoms with Crippen LogP contribution in [0.4, 0.5) is 0 Å². The van der Waals surface area contributed by atoms with Crippen LogP contribution in [0, 0.1) is 0 Å². The van der Waals surface area contributed by atoms with Crippen LogP contribution in [0.3, 0.4) is 0 Å². The third kappa shape index (κ3) is 3.63. The Bertz CT molecular complexity index is 1110. The van der Waals surface area contributed by atoms with E-state index in [1.807, 2.05) is 0 Å². The maximum absolute atomic E-state index is 13.0. The van der Waals surface area contributed by atoms with E-state index in [1.165, 1.54) is 12.1 Å². The standard InChI is InChI=1S/C22H13Cl2NO5/c23-16-11-6-12-17(18(16)24)29-19(13-7-2-1-3-8-13)22(28)30-25-20(26)14-9-4-5-10-15(14)21(25)27/h1-12,19H. The molecule has 1 aliphatic rings. The Morgan fingerprint density at radius 1 is 0.800 bits per heavy atom. The minimum atomic E-state index is -1.30. The molecule has 6 nitrogen and oxygen atoms in total. The molecule has 4 rings (SSSR count). The molecule has 0 aliphatic carbocycles. The van der Waals surface area contributed by atoms with Gasteiger partial charge in [-0.1, -0.05) is 76.8 Å². The molecule has 1 atom stereocenters. The molecular formula is C22H13Cl2NO5. The van der Waals surface area contributed by atoms with E-state index < -0.39 is 23.9 Å². The fraction of sp³-hybridized carbons (Fsp3) is 0.0455. The Hall–Kier alpha value is -3.35. The number of amides is 2. The van der Waals surface area contributed by atoms with Crippen molar-refractivity contribution in [2.75, 3.05) is 0 Å². The van der Waals surface area contributed by atoms with Gasteiger partial charge in [-0.2, -0.15) is 0 Å². The molecule has 0 fully saturated rings. The molecule has 0 aromatic heterocycles. The highest BCUT2D eigenvalue weighted by Gasteiger charge is 2.40. The van der Waals surface area contributed by atoms with Crippen molar-refractivity contribution in [2.24, 2.45) is 0 Å². The van der Waals surface area contributed by atoms with E-state index in [0.29, 0.717) is 10.6 Å². The van der Waals surface area contributed by atoms with Crippen LogP contribution >= 0.6 is 23.2 Å². The summed E-state index contributed by atoms with van der Waals surface area (Å²) in [5.74, 6) is -2.27. The fourth-order valence-corrected chi connectivity index (χ4v) is 3.31. The third-order valence-electron chi connectivity index (χ3n) is 4.42. The Balaban J connectivity index is 1.63. The second-order valence-electron chi connectivity index (χ2n) is 6.32. The number of halogens is 2. The van der Waals surface area contributed by atoms with Gasteiger partial charge in [-0.25, -0.2) is 4.79 Å². The van der Waals surface area contributed by atoms with Crippen molar-refractivity contribution in [3.8, 4) is 5.75 Å². The highest BCUT2D eigenvalue weighted by molar-refractivity contribution is 6.42. The van der Waals surface area contributed by atoms with Gasteiger partial charge in [0, 0.05) is 5.56 Å². The first-order valence-electron chi connectivity index (χ1n) is 8.82. The predicted molar refractivity (Wildman–Crippen MR) is 109 cm³/mol. The van der Waals surface area contributed by atoms with Gasteiger partial charge in [-0.05, 0) is 24.3 Å². The summed E-state index contributed by atoms with van der Waals surface area (Å²) in [4.78, 5) is 43.2. The Morgan fingerprint density at radius 3 is 2.03 bits per heavy atom. The van der Waals surface area contributed by atoms with E-state index in [4.69, 9.17) is 32.8 Å². The minimum Gasteiger partial charge on any atom is -0.472 e. The molecule has 8 heteroatoms. The first-order valence-corrected chi connectivity index (χ1v) is 9.58. The van der Waals surface area contributed by atoms with Crippen LogP contribution in [0.2, 0.25) is 10.0 Å². The number of rotatable bonds is 5. The van der Waals surface area contributed by atoms with Crippen molar-refractivity contribution < 1.29 is 24.0 Å². The molecule has 0 saturated carbocycles. The molecule has 0 spiro atoms. The monoisotopic (exact) mass is 441 g/mol. The second-order valence-corrected chi connectivity index (χ2v) is 7.11. The number of benzene rings is 3. The number of hydroxylamine groups is 2. The van der Waals surface area contributed by atoms with E-state index in [1.54, 1.807) is 60.7 Å². The highest BCUT2D eigenvalue weighted by Crippen LogP contribution is 2.35. The summed E-state index contributed by atoms with van der Waals surface area (Å²) >= 11 is 12.2. The van der Waals surface area contributed by atoms with E-state index >= 15 is 0 Å². The molecule has 30 heavy (non-hydrogen) atoms. The maximum atomic E-state index is 13.0. The van der Waals surface area contributed by atoms with Gasteiger partial charge in [0.1, 0.15) is 10.8 Å². The van der Waals surface area contributed by atoms with Gasteiger partial charge < -0.3 is 9.57 Å². The molecular weight excluding hydrogens is 429 g/mol. The lowest BCUT2D eigenvalue weighted by Gasteiger charge is -2.21. The average molecular weight is 442 g/mol. The number of hydrogen-bond donors (Lipinski definition) is 0. The number of fused-ring (bicyclic) bond motifs is 1. The van der Waals surface area contributed by atoms with Gasteiger partial charge in [0.15, 0.2) is 0 Å². The van der Waals surface area contributed by atoms with Gasteiger partial charge in [0.25, 0.3) is 11.8 Å².